The van der Waals surface area contributed by atoms with Crippen molar-refractivity contribution in [3.63, 3.8) is 0 Å². The van der Waals surface area contributed by atoms with Crippen molar-refractivity contribution in [2.75, 3.05) is 0 Å². The molecule has 0 saturated carbocycles. The molecule has 0 spiro atoms. The quantitative estimate of drug-likeness (QED) is 0.571. The van der Waals surface area contributed by atoms with Crippen molar-refractivity contribution >= 4 is 28.5 Å². The molecule has 0 saturated heterocycles. The lowest BCUT2D eigenvalue weighted by molar-refractivity contribution is -0.139. The summed E-state index contributed by atoms with van der Waals surface area (Å²) in [5.74, 6) is -1.61. The smallest absolute Gasteiger partial charge is 0.399 e. The number of alkyl halides is 3. The fourth-order valence-corrected chi connectivity index (χ4v) is 2.92. The van der Waals surface area contributed by atoms with Gasteiger partial charge in [-0.1, -0.05) is 69.5 Å². The van der Waals surface area contributed by atoms with Crippen LogP contribution in [-0.4, -0.2) is 17.8 Å². The molecule has 0 radical (unpaired) electrons. The lowest BCUT2D eigenvalue weighted by Crippen LogP contribution is -2.19. The maximum Gasteiger partial charge on any atom is 0.399 e. The maximum absolute atomic E-state index is 13.5. The molecular formula is C20H20BrF3O2. The van der Waals surface area contributed by atoms with Gasteiger partial charge in [-0.25, -0.2) is 0 Å². The van der Waals surface area contributed by atoms with Crippen LogP contribution in [-0.2, 0) is 4.79 Å². The van der Waals surface area contributed by atoms with Gasteiger partial charge in [-0.15, -0.1) is 0 Å². The zero-order chi connectivity index (χ0) is 19.9. The van der Waals surface area contributed by atoms with Crippen LogP contribution in [0.25, 0.3) is 6.08 Å². The van der Waals surface area contributed by atoms with Gasteiger partial charge in [0, 0.05) is 4.47 Å². The van der Waals surface area contributed by atoms with Gasteiger partial charge in [0.05, 0.1) is 5.92 Å². The molecular weight excluding hydrogens is 409 g/mol. The molecule has 2 rings (SSSR count). The highest BCUT2D eigenvalue weighted by Gasteiger charge is 2.38. The first kappa shape index (κ1) is 22.0. The van der Waals surface area contributed by atoms with Gasteiger partial charge < -0.3 is 5.11 Å². The van der Waals surface area contributed by atoms with Crippen LogP contribution in [0.2, 0.25) is 0 Å². The van der Waals surface area contributed by atoms with E-state index in [1.165, 1.54) is 12.2 Å². The summed E-state index contributed by atoms with van der Waals surface area (Å²) in [6, 6.07) is 10.6. The molecule has 0 fully saturated rings. The second-order valence-electron chi connectivity index (χ2n) is 5.91. The summed E-state index contributed by atoms with van der Waals surface area (Å²) >= 11 is 3.40. The Kier molecular flexibility index (Phi) is 8.08. The normalized spacial score (nSPS) is 12.4. The van der Waals surface area contributed by atoms with Gasteiger partial charge in [-0.2, -0.15) is 13.2 Å². The van der Waals surface area contributed by atoms with Crippen LogP contribution >= 0.6 is 15.9 Å². The summed E-state index contributed by atoms with van der Waals surface area (Å²) < 4.78 is 41.2. The molecule has 0 aliphatic rings. The van der Waals surface area contributed by atoms with Crippen LogP contribution < -0.4 is 0 Å². The molecule has 1 atom stereocenters. The molecule has 0 amide bonds. The van der Waals surface area contributed by atoms with E-state index in [1.807, 2.05) is 45.0 Å². The molecule has 0 bridgehead atoms. The van der Waals surface area contributed by atoms with Crippen LogP contribution in [0.3, 0.4) is 0 Å². The van der Waals surface area contributed by atoms with Crippen LogP contribution in [0.4, 0.5) is 13.2 Å². The predicted octanol–water partition coefficient (Wildman–Crippen LogP) is 6.43. The van der Waals surface area contributed by atoms with Crippen molar-refractivity contribution in [3.8, 4) is 0 Å². The van der Waals surface area contributed by atoms with E-state index in [4.69, 9.17) is 9.90 Å². The number of hydrogen-bond donors (Lipinski definition) is 1. The van der Waals surface area contributed by atoms with E-state index in [1.54, 1.807) is 12.1 Å². The Labute approximate surface area is 159 Å². The first-order chi connectivity index (χ1) is 12.1. The first-order valence-electron chi connectivity index (χ1n) is 7.75. The fraction of sp³-hybridized carbons (Fsp3) is 0.250. The molecule has 1 N–H and O–H groups in total. The number of carboxylic acid groups (broad SMARTS) is 1. The zero-order valence-corrected chi connectivity index (χ0v) is 16.2. The average molecular weight is 429 g/mol. The van der Waals surface area contributed by atoms with E-state index in [-0.39, 0.29) is 12.0 Å². The first-order valence-corrected chi connectivity index (χ1v) is 8.55. The molecule has 0 aliphatic carbocycles. The minimum atomic E-state index is -4.32. The molecule has 0 heterocycles. The molecule has 0 aromatic heterocycles. The summed E-state index contributed by atoms with van der Waals surface area (Å²) in [5, 5.41) is 6.89. The number of aryl methyl sites for hydroxylation is 3. The average Bonchev–Trinajstić information content (AvgIpc) is 2.49. The Morgan fingerprint density at radius 1 is 1.04 bits per heavy atom. The molecule has 2 nitrogen and oxygen atoms in total. The Morgan fingerprint density at radius 3 is 2.04 bits per heavy atom. The van der Waals surface area contributed by atoms with Crippen LogP contribution in [0.1, 0.15) is 33.7 Å². The summed E-state index contributed by atoms with van der Waals surface area (Å²) in [6.07, 6.45) is -1.57. The van der Waals surface area contributed by atoms with Gasteiger partial charge in [-0.3, -0.25) is 4.79 Å². The van der Waals surface area contributed by atoms with Crippen molar-refractivity contribution in [2.45, 2.75) is 32.9 Å². The van der Waals surface area contributed by atoms with E-state index < -0.39 is 12.1 Å². The van der Waals surface area contributed by atoms with Crippen molar-refractivity contribution in [1.82, 2.24) is 0 Å². The van der Waals surface area contributed by atoms with E-state index in [9.17, 15) is 13.2 Å². The molecule has 140 valence electrons. The van der Waals surface area contributed by atoms with Crippen molar-refractivity contribution in [3.05, 3.63) is 74.8 Å². The minimum absolute atomic E-state index is 0.250. The topological polar surface area (TPSA) is 37.3 Å². The van der Waals surface area contributed by atoms with Crippen LogP contribution in [0.15, 0.2) is 46.9 Å². The lowest BCUT2D eigenvalue weighted by atomic mass is 9.94. The Balaban J connectivity index is 0.00000105. The van der Waals surface area contributed by atoms with E-state index in [2.05, 4.69) is 15.9 Å². The number of hydrogen-bond acceptors (Lipinski definition) is 1. The third-order valence-electron chi connectivity index (χ3n) is 3.63. The van der Waals surface area contributed by atoms with Crippen LogP contribution in [0, 0.1) is 20.8 Å². The summed E-state index contributed by atoms with van der Waals surface area (Å²) in [5.41, 5.74) is 3.73. The van der Waals surface area contributed by atoms with Crippen LogP contribution in [0.5, 0.6) is 0 Å². The van der Waals surface area contributed by atoms with Gasteiger partial charge in [0.2, 0.25) is 0 Å². The SMILES string of the molecule is Cc1cc(C)cc(C(/C=C/c2ccc(C)c(Br)c2)C(F)(F)F)c1.O=CO. The molecule has 1 unspecified atom stereocenters. The van der Waals surface area contributed by atoms with Crippen molar-refractivity contribution in [2.24, 2.45) is 0 Å². The Bertz CT molecular complexity index is 763. The van der Waals surface area contributed by atoms with Crippen molar-refractivity contribution < 1.29 is 23.1 Å². The third-order valence-corrected chi connectivity index (χ3v) is 4.49. The third kappa shape index (κ3) is 6.67. The minimum Gasteiger partial charge on any atom is -0.483 e. The number of allylic oxidation sites excluding steroid dienone is 1. The second kappa shape index (κ2) is 9.57. The molecule has 0 aliphatic heterocycles. The van der Waals surface area contributed by atoms with Gasteiger partial charge in [0.15, 0.2) is 0 Å². The highest BCUT2D eigenvalue weighted by molar-refractivity contribution is 9.10. The van der Waals surface area contributed by atoms with E-state index in [0.29, 0.717) is 0 Å². The molecule has 2 aromatic carbocycles. The summed E-state index contributed by atoms with van der Waals surface area (Å²) in [7, 11) is 0. The second-order valence-corrected chi connectivity index (χ2v) is 6.77. The molecule has 26 heavy (non-hydrogen) atoms. The zero-order valence-electron chi connectivity index (χ0n) is 14.6. The maximum atomic E-state index is 13.5. The summed E-state index contributed by atoms with van der Waals surface area (Å²) in [4.78, 5) is 8.36. The van der Waals surface area contributed by atoms with Gasteiger partial charge in [0.25, 0.3) is 6.47 Å². The summed E-state index contributed by atoms with van der Waals surface area (Å²) in [6.45, 7) is 5.31. The Morgan fingerprint density at radius 2 is 1.58 bits per heavy atom. The largest absolute Gasteiger partial charge is 0.483 e. The Hall–Kier alpha value is -2.08. The van der Waals surface area contributed by atoms with E-state index in [0.717, 1.165) is 26.7 Å². The number of carbonyl (C=O) groups is 1. The fourth-order valence-electron chi connectivity index (χ4n) is 2.52. The molecule has 2 aromatic rings. The lowest BCUT2D eigenvalue weighted by Gasteiger charge is -2.18. The van der Waals surface area contributed by atoms with Gasteiger partial charge >= 0.3 is 6.18 Å². The molecule has 6 heteroatoms. The predicted molar refractivity (Wildman–Crippen MR) is 101 cm³/mol. The van der Waals surface area contributed by atoms with Gasteiger partial charge in [0.1, 0.15) is 0 Å². The van der Waals surface area contributed by atoms with E-state index >= 15 is 0 Å². The monoisotopic (exact) mass is 428 g/mol. The highest BCUT2D eigenvalue weighted by Crippen LogP contribution is 2.37. The number of rotatable bonds is 3. The van der Waals surface area contributed by atoms with Gasteiger partial charge in [-0.05, 0) is 43.5 Å². The number of halogens is 4. The highest BCUT2D eigenvalue weighted by atomic mass is 79.9. The standard InChI is InChI=1S/C19H18BrF3.CH2O2/c1-12-8-13(2)10-16(9-12)17(19(21,22)23)7-6-15-5-4-14(3)18(20)11-15;2-1-3/h4-11,17H,1-3H3;1H,(H,2,3)/b7-6+;. The van der Waals surface area contributed by atoms with Crippen molar-refractivity contribution in [1.29, 1.82) is 0 Å². The number of benzene rings is 2.